The van der Waals surface area contributed by atoms with Gasteiger partial charge in [-0.1, -0.05) is 12.1 Å². The minimum absolute atomic E-state index is 0.0228. The van der Waals surface area contributed by atoms with Crippen molar-refractivity contribution in [1.29, 1.82) is 0 Å². The molecule has 1 unspecified atom stereocenters. The smallest absolute Gasteiger partial charge is 0.416 e. The maximum atomic E-state index is 12.3. The summed E-state index contributed by atoms with van der Waals surface area (Å²) in [4.78, 5) is 10.3. The Labute approximate surface area is 103 Å². The van der Waals surface area contributed by atoms with E-state index in [1.807, 2.05) is 0 Å². The zero-order chi connectivity index (χ0) is 13.8. The van der Waals surface area contributed by atoms with Crippen molar-refractivity contribution in [3.05, 3.63) is 35.4 Å². The van der Waals surface area contributed by atoms with Crippen molar-refractivity contribution in [1.82, 2.24) is 5.32 Å². The number of carboxylic acid groups (broad SMARTS) is 1. The van der Waals surface area contributed by atoms with Gasteiger partial charge in [0.2, 0.25) is 0 Å². The van der Waals surface area contributed by atoms with Crippen molar-refractivity contribution in [2.45, 2.75) is 25.6 Å². The summed E-state index contributed by atoms with van der Waals surface area (Å²) in [6.45, 7) is 2.04. The third kappa shape index (κ3) is 4.37. The van der Waals surface area contributed by atoms with E-state index < -0.39 is 17.7 Å². The Balaban J connectivity index is 2.59. The zero-order valence-corrected chi connectivity index (χ0v) is 9.79. The van der Waals surface area contributed by atoms with Crippen LogP contribution < -0.4 is 5.32 Å². The van der Waals surface area contributed by atoms with E-state index in [0.717, 1.165) is 12.1 Å². The van der Waals surface area contributed by atoms with E-state index in [0.29, 0.717) is 5.56 Å². The fourth-order valence-corrected chi connectivity index (χ4v) is 1.47. The number of hydrogen-bond acceptors (Lipinski definition) is 2. The Morgan fingerprint density at radius 3 is 2.33 bits per heavy atom. The molecule has 0 heterocycles. The lowest BCUT2D eigenvalue weighted by atomic mass is 10.1. The van der Waals surface area contributed by atoms with Crippen molar-refractivity contribution in [3.63, 3.8) is 0 Å². The quantitative estimate of drug-likeness (QED) is 0.856. The first kappa shape index (κ1) is 14.5. The molecule has 0 fully saturated rings. The van der Waals surface area contributed by atoms with Gasteiger partial charge in [0.25, 0.3) is 0 Å². The molecule has 0 bridgehead atoms. The number of hydrogen-bond donors (Lipinski definition) is 2. The maximum Gasteiger partial charge on any atom is 0.416 e. The minimum atomic E-state index is -4.33. The first-order valence-electron chi connectivity index (χ1n) is 5.43. The van der Waals surface area contributed by atoms with Crippen LogP contribution in [0, 0.1) is 0 Å². The summed E-state index contributed by atoms with van der Waals surface area (Å²) in [5.41, 5.74) is -0.00243. The highest BCUT2D eigenvalue weighted by Crippen LogP contribution is 2.29. The first-order valence-corrected chi connectivity index (χ1v) is 5.43. The van der Waals surface area contributed by atoms with Crippen molar-refractivity contribution < 1.29 is 23.1 Å². The molecule has 100 valence electrons. The average molecular weight is 261 g/mol. The number of nitrogens with one attached hydrogen (secondary N) is 1. The number of carboxylic acids is 1. The molecule has 0 aliphatic rings. The van der Waals surface area contributed by atoms with E-state index in [4.69, 9.17) is 5.11 Å². The SMILES string of the molecule is CC(NCCC(=O)O)c1ccc(C(F)(F)F)cc1. The molecule has 3 nitrogen and oxygen atoms in total. The normalized spacial score (nSPS) is 13.3. The summed E-state index contributed by atoms with van der Waals surface area (Å²) in [5.74, 6) is -0.915. The molecule has 1 aromatic carbocycles. The summed E-state index contributed by atoms with van der Waals surface area (Å²) in [6, 6.07) is 4.63. The number of aliphatic carboxylic acids is 1. The topological polar surface area (TPSA) is 49.3 Å². The lowest BCUT2D eigenvalue weighted by Gasteiger charge is -2.14. The Kier molecular flexibility index (Phi) is 4.72. The van der Waals surface area contributed by atoms with Gasteiger partial charge in [-0.25, -0.2) is 0 Å². The van der Waals surface area contributed by atoms with Gasteiger partial charge in [0, 0.05) is 12.6 Å². The van der Waals surface area contributed by atoms with E-state index >= 15 is 0 Å². The summed E-state index contributed by atoms with van der Waals surface area (Å²) in [7, 11) is 0. The van der Waals surface area contributed by atoms with Gasteiger partial charge in [-0.2, -0.15) is 13.2 Å². The van der Waals surface area contributed by atoms with E-state index in [2.05, 4.69) is 5.32 Å². The Hall–Kier alpha value is -1.56. The summed E-state index contributed by atoms with van der Waals surface area (Å²) >= 11 is 0. The molecule has 1 atom stereocenters. The van der Waals surface area contributed by atoms with Gasteiger partial charge >= 0.3 is 12.1 Å². The molecule has 1 aromatic rings. The molecule has 0 amide bonds. The van der Waals surface area contributed by atoms with Gasteiger partial charge in [-0.15, -0.1) is 0 Å². The molecular formula is C12H14F3NO2. The van der Waals surface area contributed by atoms with Crippen molar-refractivity contribution in [3.8, 4) is 0 Å². The molecule has 0 radical (unpaired) electrons. The van der Waals surface area contributed by atoms with Crippen LogP contribution in [-0.4, -0.2) is 17.6 Å². The molecule has 0 aliphatic carbocycles. The predicted molar refractivity (Wildman–Crippen MR) is 60.1 cm³/mol. The number of alkyl halides is 3. The lowest BCUT2D eigenvalue weighted by Crippen LogP contribution is -2.22. The average Bonchev–Trinajstić information content (AvgIpc) is 2.27. The third-order valence-corrected chi connectivity index (χ3v) is 2.53. The third-order valence-electron chi connectivity index (χ3n) is 2.53. The molecule has 0 aliphatic heterocycles. The maximum absolute atomic E-state index is 12.3. The van der Waals surface area contributed by atoms with Crippen LogP contribution in [0.1, 0.15) is 30.5 Å². The lowest BCUT2D eigenvalue weighted by molar-refractivity contribution is -0.138. The van der Waals surface area contributed by atoms with Gasteiger partial charge in [0.1, 0.15) is 0 Å². The Morgan fingerprint density at radius 1 is 1.33 bits per heavy atom. The van der Waals surface area contributed by atoms with Crippen LogP contribution in [0.4, 0.5) is 13.2 Å². The molecule has 2 N–H and O–H groups in total. The molecule has 1 rings (SSSR count). The van der Waals surface area contributed by atoms with Crippen LogP contribution in [0.3, 0.4) is 0 Å². The summed E-state index contributed by atoms with van der Waals surface area (Å²) < 4.78 is 37.0. The molecule has 0 aromatic heterocycles. The second-order valence-corrected chi connectivity index (χ2v) is 3.94. The summed E-state index contributed by atoms with van der Waals surface area (Å²) in [6.07, 6.45) is -4.36. The molecule has 0 saturated heterocycles. The van der Waals surface area contributed by atoms with Crippen molar-refractivity contribution in [2.24, 2.45) is 0 Å². The van der Waals surface area contributed by atoms with Gasteiger partial charge in [0.05, 0.1) is 12.0 Å². The Morgan fingerprint density at radius 2 is 1.89 bits per heavy atom. The molecule has 6 heteroatoms. The molecule has 0 saturated carbocycles. The van der Waals surface area contributed by atoms with Gasteiger partial charge < -0.3 is 10.4 Å². The van der Waals surface area contributed by atoms with Crippen LogP contribution in [-0.2, 0) is 11.0 Å². The highest BCUT2D eigenvalue weighted by atomic mass is 19.4. The number of benzene rings is 1. The van der Waals surface area contributed by atoms with E-state index in [1.54, 1.807) is 6.92 Å². The number of rotatable bonds is 5. The largest absolute Gasteiger partial charge is 0.481 e. The summed E-state index contributed by atoms with van der Waals surface area (Å²) in [5, 5.41) is 11.4. The number of carbonyl (C=O) groups is 1. The van der Waals surface area contributed by atoms with Gasteiger partial charge in [-0.3, -0.25) is 4.79 Å². The monoisotopic (exact) mass is 261 g/mol. The fraction of sp³-hybridized carbons (Fsp3) is 0.417. The van der Waals surface area contributed by atoms with Crippen LogP contribution in [0.2, 0.25) is 0 Å². The highest BCUT2D eigenvalue weighted by molar-refractivity contribution is 5.66. The molecular weight excluding hydrogens is 247 g/mol. The second-order valence-electron chi connectivity index (χ2n) is 3.94. The zero-order valence-electron chi connectivity index (χ0n) is 9.79. The Bertz CT molecular complexity index is 401. The molecule has 18 heavy (non-hydrogen) atoms. The number of halogens is 3. The second kappa shape index (κ2) is 5.86. The highest BCUT2D eigenvalue weighted by Gasteiger charge is 2.30. The first-order chi connectivity index (χ1) is 8.30. The van der Waals surface area contributed by atoms with Gasteiger partial charge in [-0.05, 0) is 24.6 Å². The fourth-order valence-electron chi connectivity index (χ4n) is 1.47. The van der Waals surface area contributed by atoms with Crippen LogP contribution in [0.5, 0.6) is 0 Å². The molecule has 0 spiro atoms. The van der Waals surface area contributed by atoms with Crippen LogP contribution >= 0.6 is 0 Å². The van der Waals surface area contributed by atoms with Crippen molar-refractivity contribution >= 4 is 5.97 Å². The standard InChI is InChI=1S/C12H14F3NO2/c1-8(16-7-6-11(17)18)9-2-4-10(5-3-9)12(13,14)15/h2-5,8,16H,6-7H2,1H3,(H,17,18). The van der Waals surface area contributed by atoms with E-state index in [9.17, 15) is 18.0 Å². The van der Waals surface area contributed by atoms with E-state index in [1.165, 1.54) is 12.1 Å². The minimum Gasteiger partial charge on any atom is -0.481 e. The predicted octanol–water partition coefficient (Wildman–Crippen LogP) is 2.83. The van der Waals surface area contributed by atoms with Crippen LogP contribution in [0.15, 0.2) is 24.3 Å². The van der Waals surface area contributed by atoms with E-state index in [-0.39, 0.29) is 19.0 Å². The van der Waals surface area contributed by atoms with Crippen LogP contribution in [0.25, 0.3) is 0 Å². The van der Waals surface area contributed by atoms with Crippen molar-refractivity contribution in [2.75, 3.05) is 6.54 Å². The van der Waals surface area contributed by atoms with Gasteiger partial charge in [0.15, 0.2) is 0 Å².